The van der Waals surface area contributed by atoms with Crippen molar-refractivity contribution in [2.24, 2.45) is 11.7 Å². The number of aromatic nitrogens is 2. The molecular formula is C13H16FN3OS. The molecule has 1 atom stereocenters. The third-order valence-corrected chi connectivity index (χ3v) is 3.50. The van der Waals surface area contributed by atoms with Gasteiger partial charge in [0.05, 0.1) is 11.0 Å². The normalized spacial score (nSPS) is 13.1. The van der Waals surface area contributed by atoms with Gasteiger partial charge >= 0.3 is 0 Å². The van der Waals surface area contributed by atoms with Crippen LogP contribution in [0.25, 0.3) is 11.0 Å². The molecule has 3 N–H and O–H groups in total. The van der Waals surface area contributed by atoms with E-state index in [2.05, 4.69) is 4.98 Å². The zero-order valence-corrected chi connectivity index (χ0v) is 11.8. The number of hydrogen-bond acceptors (Lipinski definition) is 2. The first-order chi connectivity index (χ1) is 8.82. The number of carbonyl (C=O) groups excluding carboxylic acids is 1. The van der Waals surface area contributed by atoms with Crippen LogP contribution in [0.2, 0.25) is 0 Å². The SMILES string of the molecule is Cc1cc2c(cc1F)[nH]c(=S)n2C(C(N)=O)C(C)C. The molecular weight excluding hydrogens is 265 g/mol. The van der Waals surface area contributed by atoms with Gasteiger partial charge in [-0.25, -0.2) is 4.39 Å². The Hall–Kier alpha value is -1.69. The number of halogens is 1. The maximum absolute atomic E-state index is 13.6. The van der Waals surface area contributed by atoms with E-state index >= 15 is 0 Å². The van der Waals surface area contributed by atoms with Gasteiger partial charge in [0.1, 0.15) is 11.9 Å². The third kappa shape index (κ3) is 2.28. The van der Waals surface area contributed by atoms with Gasteiger partial charge in [-0.1, -0.05) is 13.8 Å². The van der Waals surface area contributed by atoms with Crippen LogP contribution < -0.4 is 5.73 Å². The number of carbonyl (C=O) groups is 1. The second-order valence-electron chi connectivity index (χ2n) is 5.01. The van der Waals surface area contributed by atoms with E-state index in [0.717, 1.165) is 0 Å². The standard InChI is InChI=1S/C13H16FN3OS/c1-6(2)11(12(15)18)17-10-4-7(3)8(14)5-9(10)16-13(17)19/h4-6,11H,1-3H3,(H2,15,18)(H,16,19). The summed E-state index contributed by atoms with van der Waals surface area (Å²) in [7, 11) is 0. The zero-order valence-electron chi connectivity index (χ0n) is 11.0. The highest BCUT2D eigenvalue weighted by Crippen LogP contribution is 2.26. The Morgan fingerprint density at radius 3 is 2.63 bits per heavy atom. The van der Waals surface area contributed by atoms with E-state index in [9.17, 15) is 9.18 Å². The van der Waals surface area contributed by atoms with Crippen molar-refractivity contribution in [3.63, 3.8) is 0 Å². The van der Waals surface area contributed by atoms with Crippen LogP contribution in [0.3, 0.4) is 0 Å². The quantitative estimate of drug-likeness (QED) is 0.850. The van der Waals surface area contributed by atoms with Crippen LogP contribution in [0.5, 0.6) is 0 Å². The van der Waals surface area contributed by atoms with E-state index in [1.165, 1.54) is 6.07 Å². The van der Waals surface area contributed by atoms with Crippen LogP contribution in [0.1, 0.15) is 25.5 Å². The van der Waals surface area contributed by atoms with Crippen molar-refractivity contribution in [2.45, 2.75) is 26.8 Å². The number of hydrogen-bond donors (Lipinski definition) is 2. The molecule has 19 heavy (non-hydrogen) atoms. The summed E-state index contributed by atoms with van der Waals surface area (Å²) >= 11 is 5.23. The van der Waals surface area contributed by atoms with Crippen molar-refractivity contribution in [1.82, 2.24) is 9.55 Å². The number of primary amides is 1. The number of nitrogens with one attached hydrogen (secondary N) is 1. The van der Waals surface area contributed by atoms with Crippen LogP contribution >= 0.6 is 12.2 Å². The van der Waals surface area contributed by atoms with Crippen molar-refractivity contribution in [2.75, 3.05) is 0 Å². The monoisotopic (exact) mass is 281 g/mol. The molecule has 6 heteroatoms. The molecule has 0 saturated heterocycles. The van der Waals surface area contributed by atoms with Crippen LogP contribution in [0.15, 0.2) is 12.1 Å². The molecule has 0 saturated carbocycles. The van der Waals surface area contributed by atoms with Gasteiger partial charge in [-0.05, 0) is 42.8 Å². The Balaban J connectivity index is 2.79. The van der Waals surface area contributed by atoms with Gasteiger partial charge in [0.15, 0.2) is 4.77 Å². The Labute approximate surface area is 115 Å². The molecule has 0 aliphatic heterocycles. The summed E-state index contributed by atoms with van der Waals surface area (Å²) in [4.78, 5) is 14.6. The summed E-state index contributed by atoms with van der Waals surface area (Å²) in [6.07, 6.45) is 0. The topological polar surface area (TPSA) is 63.8 Å². The lowest BCUT2D eigenvalue weighted by atomic mass is 10.0. The molecule has 0 radical (unpaired) electrons. The van der Waals surface area contributed by atoms with E-state index in [1.54, 1.807) is 17.6 Å². The number of fused-ring (bicyclic) bond motifs is 1. The third-order valence-electron chi connectivity index (χ3n) is 3.20. The molecule has 1 heterocycles. The van der Waals surface area contributed by atoms with E-state index in [0.29, 0.717) is 21.4 Å². The number of imidazole rings is 1. The lowest BCUT2D eigenvalue weighted by Gasteiger charge is -2.20. The lowest BCUT2D eigenvalue weighted by molar-refractivity contribution is -0.122. The molecule has 102 valence electrons. The number of H-pyrrole nitrogens is 1. The van der Waals surface area contributed by atoms with Gasteiger partial charge in [-0.3, -0.25) is 4.79 Å². The van der Waals surface area contributed by atoms with Crippen LogP contribution in [0.4, 0.5) is 4.39 Å². The number of nitrogens with zero attached hydrogens (tertiary/aromatic N) is 1. The minimum atomic E-state index is -0.550. The molecule has 1 unspecified atom stereocenters. The first-order valence-electron chi connectivity index (χ1n) is 6.02. The highest BCUT2D eigenvalue weighted by atomic mass is 32.1. The predicted octanol–water partition coefficient (Wildman–Crippen LogP) is 2.83. The second-order valence-corrected chi connectivity index (χ2v) is 5.40. The Kier molecular flexibility index (Phi) is 3.45. The van der Waals surface area contributed by atoms with Gasteiger partial charge in [0, 0.05) is 0 Å². The molecule has 2 rings (SSSR count). The number of aryl methyl sites for hydroxylation is 1. The first-order valence-corrected chi connectivity index (χ1v) is 6.43. The fraction of sp³-hybridized carbons (Fsp3) is 0.385. The first kappa shape index (κ1) is 13.7. The molecule has 0 aliphatic carbocycles. The molecule has 2 aromatic rings. The molecule has 4 nitrogen and oxygen atoms in total. The molecule has 1 aromatic carbocycles. The smallest absolute Gasteiger partial charge is 0.240 e. The van der Waals surface area contributed by atoms with Crippen molar-refractivity contribution in [3.8, 4) is 0 Å². The summed E-state index contributed by atoms with van der Waals surface area (Å²) in [5.41, 5.74) is 7.23. The summed E-state index contributed by atoms with van der Waals surface area (Å²) < 4.78 is 15.6. The minimum Gasteiger partial charge on any atom is -0.368 e. The fourth-order valence-corrected chi connectivity index (χ4v) is 2.60. The largest absolute Gasteiger partial charge is 0.368 e. The number of nitrogens with two attached hydrogens (primary N) is 1. The van der Waals surface area contributed by atoms with Crippen molar-refractivity contribution in [3.05, 3.63) is 28.3 Å². The van der Waals surface area contributed by atoms with E-state index in [-0.39, 0.29) is 11.7 Å². The lowest BCUT2D eigenvalue weighted by Crippen LogP contribution is -2.30. The zero-order chi connectivity index (χ0) is 14.3. The summed E-state index contributed by atoms with van der Waals surface area (Å²) in [6.45, 7) is 5.46. The van der Waals surface area contributed by atoms with Crippen LogP contribution in [-0.4, -0.2) is 15.5 Å². The summed E-state index contributed by atoms with van der Waals surface area (Å²) in [5.74, 6) is -0.765. The molecule has 1 aromatic heterocycles. The fourth-order valence-electron chi connectivity index (χ4n) is 2.28. The van der Waals surface area contributed by atoms with Crippen LogP contribution in [-0.2, 0) is 4.79 Å². The number of amides is 1. The maximum Gasteiger partial charge on any atom is 0.240 e. The van der Waals surface area contributed by atoms with E-state index in [1.807, 2.05) is 13.8 Å². The van der Waals surface area contributed by atoms with Crippen molar-refractivity contribution in [1.29, 1.82) is 0 Å². The summed E-state index contributed by atoms with van der Waals surface area (Å²) in [5, 5.41) is 0. The number of benzene rings is 1. The van der Waals surface area contributed by atoms with Gasteiger partial charge in [0.2, 0.25) is 5.91 Å². The minimum absolute atomic E-state index is 0.00596. The molecule has 0 fully saturated rings. The van der Waals surface area contributed by atoms with Crippen molar-refractivity contribution < 1.29 is 9.18 Å². The maximum atomic E-state index is 13.6. The van der Waals surface area contributed by atoms with Gasteiger partial charge < -0.3 is 15.3 Å². The Morgan fingerprint density at radius 2 is 2.11 bits per heavy atom. The van der Waals surface area contributed by atoms with Crippen molar-refractivity contribution >= 4 is 29.2 Å². The Morgan fingerprint density at radius 1 is 1.47 bits per heavy atom. The van der Waals surface area contributed by atoms with Gasteiger partial charge in [-0.15, -0.1) is 0 Å². The highest BCUT2D eigenvalue weighted by Gasteiger charge is 2.24. The van der Waals surface area contributed by atoms with Gasteiger partial charge in [-0.2, -0.15) is 0 Å². The summed E-state index contributed by atoms with van der Waals surface area (Å²) in [6, 6.07) is 2.51. The number of aromatic amines is 1. The predicted molar refractivity (Wildman–Crippen MR) is 74.9 cm³/mol. The van der Waals surface area contributed by atoms with Gasteiger partial charge in [0.25, 0.3) is 0 Å². The second kappa shape index (κ2) is 4.77. The molecule has 0 spiro atoms. The number of rotatable bonds is 3. The molecule has 0 aliphatic rings. The molecule has 0 bridgehead atoms. The average molecular weight is 281 g/mol. The highest BCUT2D eigenvalue weighted by molar-refractivity contribution is 7.71. The molecule has 1 amide bonds. The van der Waals surface area contributed by atoms with Crippen LogP contribution in [0, 0.1) is 23.4 Å². The van der Waals surface area contributed by atoms with E-state index < -0.39 is 11.9 Å². The Bertz CT molecular complexity index is 702. The average Bonchev–Trinajstić information content (AvgIpc) is 2.56. The van der Waals surface area contributed by atoms with E-state index in [4.69, 9.17) is 18.0 Å².